The number of methoxy groups -OCH3 is 1. The molecule has 0 unspecified atom stereocenters. The molecule has 4 rings (SSSR count). The van der Waals surface area contributed by atoms with Crippen LogP contribution in [0.2, 0.25) is 0 Å². The first-order valence-electron chi connectivity index (χ1n) is 8.59. The molecule has 134 valence electrons. The van der Waals surface area contributed by atoms with Gasteiger partial charge in [0.15, 0.2) is 0 Å². The van der Waals surface area contributed by atoms with E-state index in [1.54, 1.807) is 29.2 Å². The van der Waals surface area contributed by atoms with Crippen LogP contribution in [0.4, 0.5) is 10.1 Å². The largest absolute Gasteiger partial charge is 0.465 e. The third kappa shape index (κ3) is 2.19. The van der Waals surface area contributed by atoms with Crippen LogP contribution in [-0.2, 0) is 21.5 Å². The molecule has 2 aromatic carbocycles. The van der Waals surface area contributed by atoms with E-state index in [2.05, 4.69) is 0 Å². The van der Waals surface area contributed by atoms with Crippen molar-refractivity contribution in [1.29, 1.82) is 0 Å². The van der Waals surface area contributed by atoms with Crippen LogP contribution in [0, 0.1) is 11.2 Å². The molecule has 1 aliphatic heterocycles. The lowest BCUT2D eigenvalue weighted by atomic mass is 9.89. The second-order valence-corrected chi connectivity index (χ2v) is 7.71. The van der Waals surface area contributed by atoms with Gasteiger partial charge in [-0.1, -0.05) is 26.0 Å². The molecule has 5 heteroatoms. The normalized spacial score (nSPS) is 22.5. The molecule has 1 atom stereocenters. The molecule has 1 aliphatic carbocycles. The Hall–Kier alpha value is -2.69. The summed E-state index contributed by atoms with van der Waals surface area (Å²) in [5.41, 5.74) is 1.98. The van der Waals surface area contributed by atoms with Gasteiger partial charge in [0.05, 0.1) is 24.6 Å². The topological polar surface area (TPSA) is 46.6 Å². The van der Waals surface area contributed by atoms with Crippen LogP contribution in [-0.4, -0.2) is 19.0 Å². The molecular formula is C21H20FNO3. The van der Waals surface area contributed by atoms with Gasteiger partial charge in [-0.3, -0.25) is 4.79 Å². The van der Waals surface area contributed by atoms with Gasteiger partial charge in [-0.25, -0.2) is 9.18 Å². The molecular weight excluding hydrogens is 333 g/mol. The predicted octanol–water partition coefficient (Wildman–Crippen LogP) is 3.83. The Morgan fingerprint density at radius 2 is 1.96 bits per heavy atom. The summed E-state index contributed by atoms with van der Waals surface area (Å²) in [5.74, 6) is -0.735. The third-order valence-electron chi connectivity index (χ3n) is 5.75. The minimum Gasteiger partial charge on any atom is -0.465 e. The number of hydrogen-bond acceptors (Lipinski definition) is 3. The summed E-state index contributed by atoms with van der Waals surface area (Å²) in [6, 6.07) is 11.6. The van der Waals surface area contributed by atoms with Gasteiger partial charge in [0.25, 0.3) is 0 Å². The van der Waals surface area contributed by atoms with Crippen LogP contribution >= 0.6 is 0 Å². The van der Waals surface area contributed by atoms with Gasteiger partial charge >= 0.3 is 5.97 Å². The molecule has 0 aromatic heterocycles. The quantitative estimate of drug-likeness (QED) is 0.788. The number of amides is 1. The molecule has 2 aromatic rings. The molecule has 26 heavy (non-hydrogen) atoms. The second kappa shape index (κ2) is 5.40. The first-order chi connectivity index (χ1) is 12.3. The summed E-state index contributed by atoms with van der Waals surface area (Å²) < 4.78 is 18.6. The molecule has 1 spiro atoms. The summed E-state index contributed by atoms with van der Waals surface area (Å²) in [5, 5.41) is 0. The number of hydrogen-bond donors (Lipinski definition) is 0. The lowest BCUT2D eigenvalue weighted by molar-refractivity contribution is -0.121. The van der Waals surface area contributed by atoms with E-state index in [-0.39, 0.29) is 17.1 Å². The van der Waals surface area contributed by atoms with Gasteiger partial charge in [-0.05, 0) is 53.3 Å². The zero-order chi connectivity index (χ0) is 18.7. The van der Waals surface area contributed by atoms with E-state index >= 15 is 0 Å². The Kier molecular flexibility index (Phi) is 3.48. The first kappa shape index (κ1) is 16.8. The molecule has 1 fully saturated rings. The van der Waals surface area contributed by atoms with E-state index in [0.717, 1.165) is 16.8 Å². The maximum absolute atomic E-state index is 13.9. The standard InChI is InChI=1S/C21H20FNO3/c1-20(2)12-21(20)16-10-15(22)7-8-17(16)23(19(21)25)11-13-5-4-6-14(9-13)18(24)26-3/h4-10H,11-12H2,1-3H3/t21-/m1/s1. The van der Waals surface area contributed by atoms with Crippen LogP contribution < -0.4 is 4.90 Å². The maximum atomic E-state index is 13.9. The van der Waals surface area contributed by atoms with E-state index in [1.807, 2.05) is 19.9 Å². The number of rotatable bonds is 3. The average molecular weight is 353 g/mol. The second-order valence-electron chi connectivity index (χ2n) is 7.71. The lowest BCUT2D eigenvalue weighted by Crippen LogP contribution is -2.34. The molecule has 1 saturated carbocycles. The summed E-state index contributed by atoms with van der Waals surface area (Å²) in [6.45, 7) is 4.42. The molecule has 0 radical (unpaired) electrons. The zero-order valence-electron chi connectivity index (χ0n) is 15.0. The number of carbonyl (C=O) groups excluding carboxylic acids is 2. The molecule has 1 amide bonds. The minimum absolute atomic E-state index is 0.00608. The van der Waals surface area contributed by atoms with Crippen LogP contribution in [0.5, 0.6) is 0 Å². The van der Waals surface area contributed by atoms with Crippen LogP contribution in [0.25, 0.3) is 0 Å². The fraction of sp³-hybridized carbons (Fsp3) is 0.333. The number of carbonyl (C=O) groups is 2. The number of anilines is 1. The zero-order valence-corrected chi connectivity index (χ0v) is 15.0. The Labute approximate surface area is 151 Å². The van der Waals surface area contributed by atoms with E-state index in [4.69, 9.17) is 4.74 Å². The number of halogens is 1. The minimum atomic E-state index is -0.635. The van der Waals surface area contributed by atoms with Crippen LogP contribution in [0.3, 0.4) is 0 Å². The summed E-state index contributed by atoms with van der Waals surface area (Å²) in [7, 11) is 1.34. The number of benzene rings is 2. The fourth-order valence-corrected chi connectivity index (χ4v) is 4.24. The molecule has 1 heterocycles. The SMILES string of the molecule is COC(=O)c1cccc(CN2C(=O)[C@@]3(CC3(C)C)c3cc(F)ccc32)c1. The highest BCUT2D eigenvalue weighted by molar-refractivity contribution is 6.11. The predicted molar refractivity (Wildman–Crippen MR) is 95.4 cm³/mol. The van der Waals surface area contributed by atoms with Crippen molar-refractivity contribution >= 4 is 17.6 Å². The van der Waals surface area contributed by atoms with Crippen LogP contribution in [0.1, 0.15) is 41.8 Å². The number of ether oxygens (including phenoxy) is 1. The maximum Gasteiger partial charge on any atom is 0.337 e. The van der Waals surface area contributed by atoms with Crippen molar-refractivity contribution in [2.75, 3.05) is 12.0 Å². The molecule has 0 bridgehead atoms. The van der Waals surface area contributed by atoms with E-state index in [0.29, 0.717) is 18.5 Å². The van der Waals surface area contributed by atoms with Crippen LogP contribution in [0.15, 0.2) is 42.5 Å². The van der Waals surface area contributed by atoms with Crippen molar-refractivity contribution in [3.05, 3.63) is 65.0 Å². The molecule has 0 N–H and O–H groups in total. The fourth-order valence-electron chi connectivity index (χ4n) is 4.24. The Morgan fingerprint density at radius 1 is 1.23 bits per heavy atom. The Morgan fingerprint density at radius 3 is 2.62 bits per heavy atom. The lowest BCUT2D eigenvalue weighted by Gasteiger charge is -2.19. The first-order valence-corrected chi connectivity index (χ1v) is 8.59. The summed E-state index contributed by atoms with van der Waals surface area (Å²) in [4.78, 5) is 26.7. The summed E-state index contributed by atoms with van der Waals surface area (Å²) >= 11 is 0. The Balaban J connectivity index is 1.73. The smallest absolute Gasteiger partial charge is 0.337 e. The van der Waals surface area contributed by atoms with Gasteiger partial charge in [-0.2, -0.15) is 0 Å². The monoisotopic (exact) mass is 353 g/mol. The Bertz CT molecular complexity index is 937. The van der Waals surface area contributed by atoms with E-state index < -0.39 is 11.4 Å². The van der Waals surface area contributed by atoms with Crippen molar-refractivity contribution in [2.45, 2.75) is 32.2 Å². The number of nitrogens with zero attached hydrogens (tertiary/aromatic N) is 1. The van der Waals surface area contributed by atoms with Crippen molar-refractivity contribution in [2.24, 2.45) is 5.41 Å². The van der Waals surface area contributed by atoms with Crippen molar-refractivity contribution in [1.82, 2.24) is 0 Å². The highest BCUT2D eigenvalue weighted by atomic mass is 19.1. The molecule has 2 aliphatic rings. The highest BCUT2D eigenvalue weighted by Gasteiger charge is 2.71. The number of fused-ring (bicyclic) bond motifs is 2. The third-order valence-corrected chi connectivity index (χ3v) is 5.75. The van der Waals surface area contributed by atoms with Crippen molar-refractivity contribution < 1.29 is 18.7 Å². The molecule has 0 saturated heterocycles. The number of esters is 1. The van der Waals surface area contributed by atoms with E-state index in [9.17, 15) is 14.0 Å². The summed E-state index contributed by atoms with van der Waals surface area (Å²) in [6.07, 6.45) is 0.716. The van der Waals surface area contributed by atoms with Gasteiger partial charge in [-0.15, -0.1) is 0 Å². The average Bonchev–Trinajstić information content (AvgIpc) is 3.14. The van der Waals surface area contributed by atoms with Gasteiger partial charge in [0, 0.05) is 5.69 Å². The van der Waals surface area contributed by atoms with Gasteiger partial charge in [0.2, 0.25) is 5.91 Å². The molecule has 4 nitrogen and oxygen atoms in total. The highest BCUT2D eigenvalue weighted by Crippen LogP contribution is 2.69. The van der Waals surface area contributed by atoms with Crippen molar-refractivity contribution in [3.8, 4) is 0 Å². The van der Waals surface area contributed by atoms with E-state index in [1.165, 1.54) is 19.2 Å². The van der Waals surface area contributed by atoms with Gasteiger partial charge in [0.1, 0.15) is 5.82 Å². The van der Waals surface area contributed by atoms with Gasteiger partial charge < -0.3 is 9.64 Å². The van der Waals surface area contributed by atoms with Crippen molar-refractivity contribution in [3.63, 3.8) is 0 Å².